The Balaban J connectivity index is 2.37. The number of aromatic nitrogens is 1. The molecular formula is C12H17BrN4O2. The van der Waals surface area contributed by atoms with Gasteiger partial charge >= 0.3 is 5.69 Å². The van der Waals surface area contributed by atoms with Gasteiger partial charge in [-0.1, -0.05) is 0 Å². The van der Waals surface area contributed by atoms with Crippen LogP contribution in [0.5, 0.6) is 0 Å². The Hall–Kier alpha value is -1.21. The van der Waals surface area contributed by atoms with Crippen molar-refractivity contribution >= 4 is 27.4 Å². The maximum Gasteiger partial charge on any atom is 0.312 e. The number of likely N-dealkylation sites (N-methyl/N-ethyl adjacent to an activating group) is 1. The van der Waals surface area contributed by atoms with E-state index in [2.05, 4.69) is 39.8 Å². The molecule has 0 aromatic carbocycles. The molecule has 1 saturated heterocycles. The van der Waals surface area contributed by atoms with E-state index >= 15 is 0 Å². The van der Waals surface area contributed by atoms with Crippen LogP contribution in [0.15, 0.2) is 16.7 Å². The third-order valence-electron chi connectivity index (χ3n) is 3.33. The maximum absolute atomic E-state index is 11.2. The van der Waals surface area contributed by atoms with Crippen molar-refractivity contribution in [1.29, 1.82) is 0 Å². The van der Waals surface area contributed by atoms with Gasteiger partial charge in [-0.3, -0.25) is 10.1 Å². The molecule has 0 radical (unpaired) electrons. The summed E-state index contributed by atoms with van der Waals surface area (Å²) >= 11 is 3.24. The second-order valence-electron chi connectivity index (χ2n) is 4.91. The first-order valence-electron chi connectivity index (χ1n) is 6.24. The zero-order valence-electron chi connectivity index (χ0n) is 11.0. The number of pyridine rings is 1. The molecule has 0 N–H and O–H groups in total. The summed E-state index contributed by atoms with van der Waals surface area (Å²) in [6.07, 6.45) is 2.60. The van der Waals surface area contributed by atoms with Gasteiger partial charge in [-0.2, -0.15) is 0 Å². The molecule has 1 fully saturated rings. The first-order valence-corrected chi connectivity index (χ1v) is 7.03. The summed E-state index contributed by atoms with van der Waals surface area (Å²) < 4.78 is 0.627. The highest BCUT2D eigenvalue weighted by Gasteiger charge is 2.27. The van der Waals surface area contributed by atoms with E-state index in [4.69, 9.17) is 0 Å². The largest absolute Gasteiger partial charge is 0.347 e. The number of rotatable bonds is 2. The molecule has 1 unspecified atom stereocenters. The molecule has 0 amide bonds. The Kier molecular flexibility index (Phi) is 4.36. The molecule has 104 valence electrons. The second-order valence-corrected chi connectivity index (χ2v) is 5.83. The van der Waals surface area contributed by atoms with E-state index in [1.165, 1.54) is 6.07 Å². The fraction of sp³-hybridized carbons (Fsp3) is 0.583. The van der Waals surface area contributed by atoms with Crippen LogP contribution >= 0.6 is 15.9 Å². The van der Waals surface area contributed by atoms with Crippen molar-refractivity contribution in [3.05, 3.63) is 26.9 Å². The summed E-state index contributed by atoms with van der Waals surface area (Å²) in [4.78, 5) is 19.4. The average Bonchev–Trinajstić information content (AvgIpc) is 2.50. The fourth-order valence-electron chi connectivity index (χ4n) is 2.46. The lowest BCUT2D eigenvalue weighted by Gasteiger charge is -2.28. The van der Waals surface area contributed by atoms with E-state index in [9.17, 15) is 10.1 Å². The maximum atomic E-state index is 11.2. The van der Waals surface area contributed by atoms with Gasteiger partial charge in [0.1, 0.15) is 0 Å². The van der Waals surface area contributed by atoms with Crippen molar-refractivity contribution in [2.45, 2.75) is 19.4 Å². The first kappa shape index (κ1) is 14.2. The third kappa shape index (κ3) is 3.22. The third-order valence-corrected chi connectivity index (χ3v) is 3.76. The van der Waals surface area contributed by atoms with Crippen LogP contribution < -0.4 is 4.90 Å². The Labute approximate surface area is 120 Å². The number of anilines is 1. The molecule has 2 rings (SSSR count). The van der Waals surface area contributed by atoms with E-state index < -0.39 is 0 Å². The molecule has 0 saturated carbocycles. The standard InChI is InChI=1S/C12H17BrN4O2/c1-9-8-15(2)4-3-5-16(9)12-11(17(18)19)6-10(13)7-14-12/h6-7,9H,3-5,8H2,1-2H3. The number of hydrogen-bond acceptors (Lipinski definition) is 5. The van der Waals surface area contributed by atoms with Gasteiger partial charge in [0.15, 0.2) is 0 Å². The van der Waals surface area contributed by atoms with Crippen molar-refractivity contribution < 1.29 is 4.92 Å². The topological polar surface area (TPSA) is 62.5 Å². The number of halogens is 1. The zero-order valence-corrected chi connectivity index (χ0v) is 12.6. The van der Waals surface area contributed by atoms with Gasteiger partial charge in [0, 0.05) is 35.9 Å². The van der Waals surface area contributed by atoms with Crippen LogP contribution in [0.2, 0.25) is 0 Å². The molecule has 1 atom stereocenters. The molecule has 19 heavy (non-hydrogen) atoms. The van der Waals surface area contributed by atoms with Gasteiger partial charge in [0.2, 0.25) is 5.82 Å². The van der Waals surface area contributed by atoms with E-state index in [1.807, 2.05) is 4.90 Å². The minimum Gasteiger partial charge on any atom is -0.347 e. The second kappa shape index (κ2) is 5.83. The van der Waals surface area contributed by atoms with Crippen molar-refractivity contribution in [2.75, 3.05) is 31.6 Å². The smallest absolute Gasteiger partial charge is 0.312 e. The van der Waals surface area contributed by atoms with Crippen molar-refractivity contribution in [3.8, 4) is 0 Å². The van der Waals surface area contributed by atoms with Crippen LogP contribution in [0, 0.1) is 10.1 Å². The van der Waals surface area contributed by atoms with Gasteiger partial charge in [0.05, 0.1) is 4.92 Å². The molecule has 1 aromatic heterocycles. The van der Waals surface area contributed by atoms with Gasteiger partial charge in [0.25, 0.3) is 0 Å². The molecule has 2 heterocycles. The highest BCUT2D eigenvalue weighted by Crippen LogP contribution is 2.30. The van der Waals surface area contributed by atoms with Crippen molar-refractivity contribution in [1.82, 2.24) is 9.88 Å². The highest BCUT2D eigenvalue weighted by molar-refractivity contribution is 9.10. The molecule has 0 bridgehead atoms. The Morgan fingerprint density at radius 3 is 2.95 bits per heavy atom. The summed E-state index contributed by atoms with van der Waals surface area (Å²) in [6, 6.07) is 1.73. The molecule has 0 aliphatic carbocycles. The van der Waals surface area contributed by atoms with E-state index in [0.29, 0.717) is 10.3 Å². The SMILES string of the molecule is CC1CN(C)CCCN1c1ncc(Br)cc1[N+](=O)[O-]. The summed E-state index contributed by atoms with van der Waals surface area (Å²) in [7, 11) is 2.07. The molecule has 1 aromatic rings. The van der Waals surface area contributed by atoms with Crippen LogP contribution in [0.1, 0.15) is 13.3 Å². The predicted molar refractivity (Wildman–Crippen MR) is 77.5 cm³/mol. The minimum absolute atomic E-state index is 0.0609. The monoisotopic (exact) mass is 328 g/mol. The van der Waals surface area contributed by atoms with Crippen LogP contribution in [0.25, 0.3) is 0 Å². The molecule has 7 heteroatoms. The molecule has 1 aliphatic heterocycles. The molecule has 1 aliphatic rings. The molecule has 6 nitrogen and oxygen atoms in total. The minimum atomic E-state index is -0.367. The summed E-state index contributed by atoms with van der Waals surface area (Å²) in [5.74, 6) is 0.469. The van der Waals surface area contributed by atoms with Gasteiger partial charge in [-0.05, 0) is 42.9 Å². The Bertz CT molecular complexity index is 483. The lowest BCUT2D eigenvalue weighted by atomic mass is 10.2. The Morgan fingerprint density at radius 2 is 2.26 bits per heavy atom. The van der Waals surface area contributed by atoms with Crippen molar-refractivity contribution in [3.63, 3.8) is 0 Å². The van der Waals surface area contributed by atoms with E-state index in [1.54, 1.807) is 6.20 Å². The van der Waals surface area contributed by atoms with Gasteiger partial charge in [-0.15, -0.1) is 0 Å². The summed E-state index contributed by atoms with van der Waals surface area (Å²) in [5.41, 5.74) is 0.0609. The quantitative estimate of drug-likeness (QED) is 0.615. The Morgan fingerprint density at radius 1 is 1.53 bits per heavy atom. The van der Waals surface area contributed by atoms with Crippen LogP contribution in [-0.4, -0.2) is 47.5 Å². The predicted octanol–water partition coefficient (Wildman–Crippen LogP) is 2.28. The number of nitro groups is 1. The number of nitrogens with zero attached hydrogens (tertiary/aromatic N) is 4. The number of hydrogen-bond donors (Lipinski definition) is 0. The molecular weight excluding hydrogens is 312 g/mol. The van der Waals surface area contributed by atoms with Crippen LogP contribution in [-0.2, 0) is 0 Å². The fourth-order valence-corrected chi connectivity index (χ4v) is 2.78. The van der Waals surface area contributed by atoms with Gasteiger partial charge < -0.3 is 9.80 Å². The zero-order chi connectivity index (χ0) is 14.0. The molecule has 0 spiro atoms. The lowest BCUT2D eigenvalue weighted by molar-refractivity contribution is -0.384. The van der Waals surface area contributed by atoms with Crippen LogP contribution in [0.4, 0.5) is 11.5 Å². The summed E-state index contributed by atoms with van der Waals surface area (Å²) in [6.45, 7) is 4.76. The summed E-state index contributed by atoms with van der Waals surface area (Å²) in [5, 5.41) is 11.2. The van der Waals surface area contributed by atoms with Crippen molar-refractivity contribution in [2.24, 2.45) is 0 Å². The van der Waals surface area contributed by atoms with Gasteiger partial charge in [-0.25, -0.2) is 4.98 Å². The van der Waals surface area contributed by atoms with E-state index in [-0.39, 0.29) is 16.7 Å². The highest BCUT2D eigenvalue weighted by atomic mass is 79.9. The van der Waals surface area contributed by atoms with E-state index in [0.717, 1.165) is 26.1 Å². The first-order chi connectivity index (χ1) is 8.99. The lowest BCUT2D eigenvalue weighted by Crippen LogP contribution is -2.38. The normalized spacial score (nSPS) is 21.2. The van der Waals surface area contributed by atoms with Crippen LogP contribution in [0.3, 0.4) is 0 Å². The average molecular weight is 329 g/mol.